The molecule has 2 aromatic rings. The summed E-state index contributed by atoms with van der Waals surface area (Å²) in [6.45, 7) is 2.23. The van der Waals surface area contributed by atoms with Gasteiger partial charge in [-0.2, -0.15) is 13.2 Å². The molecule has 0 aliphatic carbocycles. The molecule has 1 amide bonds. The monoisotopic (exact) mass is 445 g/mol. The summed E-state index contributed by atoms with van der Waals surface area (Å²) in [5.41, 5.74) is 0.377. The van der Waals surface area contributed by atoms with Gasteiger partial charge in [-0.25, -0.2) is 4.98 Å². The molecule has 158 valence electrons. The van der Waals surface area contributed by atoms with E-state index in [1.807, 2.05) is 4.90 Å². The molecular formula is C18H22F3N5OS2. The highest BCUT2D eigenvalue weighted by molar-refractivity contribution is 7.10. The number of hydrogen-bond donors (Lipinski definition) is 2. The van der Waals surface area contributed by atoms with E-state index in [0.717, 1.165) is 29.7 Å². The molecule has 0 saturated carbocycles. The number of thiophene rings is 1. The van der Waals surface area contributed by atoms with Crippen LogP contribution in [0.1, 0.15) is 27.6 Å². The smallest absolute Gasteiger partial charge is 0.356 e. The highest BCUT2D eigenvalue weighted by Gasteiger charge is 2.33. The van der Waals surface area contributed by atoms with Gasteiger partial charge < -0.3 is 15.5 Å². The molecule has 1 aliphatic rings. The van der Waals surface area contributed by atoms with E-state index in [1.165, 1.54) is 10.4 Å². The Kier molecular flexibility index (Phi) is 7.12. The highest BCUT2D eigenvalue weighted by Crippen LogP contribution is 2.30. The van der Waals surface area contributed by atoms with Gasteiger partial charge >= 0.3 is 6.18 Å². The number of halogens is 3. The fourth-order valence-corrected chi connectivity index (χ4v) is 4.67. The standard InChI is InChI=1S/C18H22F3N5OS2/c1-22-17(23-6-2-15-25-14(11-29-15)18(19,20)21)24-7-3-16(27)26-8-4-13-12(10-26)5-9-28-13/h5,9,11H,2-4,6-8,10H2,1H3,(H2,22,23,24). The zero-order chi connectivity index (χ0) is 20.9. The molecule has 11 heteroatoms. The van der Waals surface area contributed by atoms with Gasteiger partial charge in [0.1, 0.15) is 0 Å². The largest absolute Gasteiger partial charge is 0.434 e. The van der Waals surface area contributed by atoms with E-state index in [0.29, 0.717) is 43.4 Å². The summed E-state index contributed by atoms with van der Waals surface area (Å²) in [6.07, 6.45) is -2.80. The van der Waals surface area contributed by atoms with Crippen molar-refractivity contribution in [1.82, 2.24) is 20.5 Å². The fraction of sp³-hybridized carbons (Fsp3) is 0.500. The van der Waals surface area contributed by atoms with E-state index in [9.17, 15) is 18.0 Å². The Bertz CT molecular complexity index is 862. The van der Waals surface area contributed by atoms with Crippen LogP contribution in [0.3, 0.4) is 0 Å². The Hall–Kier alpha value is -2.14. The summed E-state index contributed by atoms with van der Waals surface area (Å²) in [5, 5.41) is 9.59. The third-order valence-corrected chi connectivity index (χ3v) is 6.42. The number of amides is 1. The van der Waals surface area contributed by atoms with Crippen LogP contribution in [0, 0.1) is 0 Å². The van der Waals surface area contributed by atoms with Gasteiger partial charge in [-0.15, -0.1) is 22.7 Å². The summed E-state index contributed by atoms with van der Waals surface area (Å²) in [7, 11) is 1.60. The lowest BCUT2D eigenvalue weighted by Gasteiger charge is -2.27. The Labute approximate surface area is 174 Å². The van der Waals surface area contributed by atoms with Gasteiger partial charge in [0, 0.05) is 56.3 Å². The SMILES string of the molecule is CN=C(NCCC(=O)N1CCc2sccc2C1)NCCc1nc(C(F)(F)F)cs1. The van der Waals surface area contributed by atoms with E-state index in [4.69, 9.17) is 0 Å². The number of thiazole rings is 1. The molecule has 3 rings (SSSR count). The minimum absolute atomic E-state index is 0.0901. The molecule has 0 atom stereocenters. The summed E-state index contributed by atoms with van der Waals surface area (Å²) in [6, 6.07) is 2.07. The second-order valence-corrected chi connectivity index (χ2v) is 8.43. The minimum Gasteiger partial charge on any atom is -0.356 e. The van der Waals surface area contributed by atoms with Crippen molar-refractivity contribution in [3.8, 4) is 0 Å². The fourth-order valence-electron chi connectivity index (χ4n) is 2.97. The van der Waals surface area contributed by atoms with E-state index in [1.54, 1.807) is 18.4 Å². The molecule has 1 aliphatic heterocycles. The van der Waals surface area contributed by atoms with E-state index >= 15 is 0 Å². The molecule has 0 bridgehead atoms. The third-order valence-electron chi connectivity index (χ3n) is 4.49. The number of carbonyl (C=O) groups excluding carboxylic acids is 1. The number of aliphatic imine (C=N–C) groups is 1. The molecule has 0 saturated heterocycles. The zero-order valence-corrected chi connectivity index (χ0v) is 17.5. The van der Waals surface area contributed by atoms with Crippen LogP contribution in [0.2, 0.25) is 0 Å². The van der Waals surface area contributed by atoms with Gasteiger partial charge in [0.05, 0.1) is 5.01 Å². The Morgan fingerprint density at radius 2 is 2.10 bits per heavy atom. The van der Waals surface area contributed by atoms with Crippen LogP contribution in [0.5, 0.6) is 0 Å². The van der Waals surface area contributed by atoms with Crippen molar-refractivity contribution in [2.75, 3.05) is 26.7 Å². The summed E-state index contributed by atoms with van der Waals surface area (Å²) >= 11 is 2.73. The van der Waals surface area contributed by atoms with Gasteiger partial charge in [-0.05, 0) is 23.4 Å². The molecule has 2 aromatic heterocycles. The topological polar surface area (TPSA) is 69.6 Å². The summed E-state index contributed by atoms with van der Waals surface area (Å²) in [4.78, 5) is 23.3. The van der Waals surface area contributed by atoms with Crippen molar-refractivity contribution in [2.24, 2.45) is 4.99 Å². The number of carbonyl (C=O) groups is 1. The van der Waals surface area contributed by atoms with E-state index in [2.05, 4.69) is 32.1 Å². The molecule has 0 unspecified atom stereocenters. The zero-order valence-electron chi connectivity index (χ0n) is 15.9. The number of alkyl halides is 3. The molecule has 0 radical (unpaired) electrons. The van der Waals surface area contributed by atoms with E-state index in [-0.39, 0.29) is 5.91 Å². The third kappa shape index (κ3) is 5.92. The molecule has 3 heterocycles. The van der Waals surface area contributed by atoms with Crippen molar-refractivity contribution in [3.05, 3.63) is 38.0 Å². The number of nitrogens with zero attached hydrogens (tertiary/aromatic N) is 3. The van der Waals surface area contributed by atoms with Crippen LogP contribution < -0.4 is 10.6 Å². The van der Waals surface area contributed by atoms with Gasteiger partial charge in [0.2, 0.25) is 5.91 Å². The van der Waals surface area contributed by atoms with Crippen LogP contribution in [-0.4, -0.2) is 48.4 Å². The predicted molar refractivity (Wildman–Crippen MR) is 108 cm³/mol. The average molecular weight is 446 g/mol. The van der Waals surface area contributed by atoms with Crippen LogP contribution in [0.4, 0.5) is 13.2 Å². The molecule has 6 nitrogen and oxygen atoms in total. The Morgan fingerprint density at radius 3 is 2.83 bits per heavy atom. The minimum atomic E-state index is -4.41. The van der Waals surface area contributed by atoms with Crippen molar-refractivity contribution in [2.45, 2.75) is 32.0 Å². The molecule has 2 N–H and O–H groups in total. The second-order valence-electron chi connectivity index (χ2n) is 6.48. The van der Waals surface area contributed by atoms with Gasteiger partial charge in [-0.1, -0.05) is 0 Å². The molecule has 29 heavy (non-hydrogen) atoms. The first kappa shape index (κ1) is 21.6. The maximum absolute atomic E-state index is 12.6. The lowest BCUT2D eigenvalue weighted by molar-refractivity contribution is -0.140. The first-order valence-electron chi connectivity index (χ1n) is 9.16. The number of rotatable bonds is 6. The normalized spacial score (nSPS) is 14.6. The first-order chi connectivity index (χ1) is 13.9. The summed E-state index contributed by atoms with van der Waals surface area (Å²) in [5.74, 6) is 0.594. The Balaban J connectivity index is 1.36. The van der Waals surface area contributed by atoms with Crippen molar-refractivity contribution in [1.29, 1.82) is 0 Å². The lowest BCUT2D eigenvalue weighted by atomic mass is 10.1. The van der Waals surface area contributed by atoms with Crippen LogP contribution >= 0.6 is 22.7 Å². The van der Waals surface area contributed by atoms with Crippen LogP contribution in [-0.2, 0) is 30.4 Å². The lowest BCUT2D eigenvalue weighted by Crippen LogP contribution is -2.41. The van der Waals surface area contributed by atoms with Gasteiger partial charge in [0.25, 0.3) is 0 Å². The quantitative estimate of drug-likeness (QED) is 0.530. The highest BCUT2D eigenvalue weighted by atomic mass is 32.1. The average Bonchev–Trinajstić information content (AvgIpc) is 3.35. The predicted octanol–water partition coefficient (Wildman–Crippen LogP) is 2.91. The number of nitrogens with one attached hydrogen (secondary N) is 2. The van der Waals surface area contributed by atoms with E-state index < -0.39 is 11.9 Å². The summed E-state index contributed by atoms with van der Waals surface area (Å²) < 4.78 is 37.7. The second kappa shape index (κ2) is 9.57. The van der Waals surface area contributed by atoms with Crippen molar-refractivity contribution in [3.63, 3.8) is 0 Å². The van der Waals surface area contributed by atoms with Crippen molar-refractivity contribution >= 4 is 34.5 Å². The maximum Gasteiger partial charge on any atom is 0.434 e. The number of aromatic nitrogens is 1. The van der Waals surface area contributed by atoms with Crippen LogP contribution in [0.15, 0.2) is 21.8 Å². The molecule has 0 spiro atoms. The van der Waals surface area contributed by atoms with Gasteiger partial charge in [-0.3, -0.25) is 9.79 Å². The molecule has 0 fully saturated rings. The Morgan fingerprint density at radius 1 is 1.31 bits per heavy atom. The number of hydrogen-bond acceptors (Lipinski definition) is 5. The number of guanidine groups is 1. The van der Waals surface area contributed by atoms with Crippen LogP contribution in [0.25, 0.3) is 0 Å². The van der Waals surface area contributed by atoms with Crippen molar-refractivity contribution < 1.29 is 18.0 Å². The van der Waals surface area contributed by atoms with Gasteiger partial charge in [0.15, 0.2) is 11.7 Å². The number of fused-ring (bicyclic) bond motifs is 1. The molecule has 0 aromatic carbocycles. The molecular weight excluding hydrogens is 423 g/mol. The first-order valence-corrected chi connectivity index (χ1v) is 10.9. The maximum atomic E-state index is 12.6.